The first-order valence-electron chi connectivity index (χ1n) is 6.34. The van der Waals surface area contributed by atoms with Crippen molar-refractivity contribution in [3.8, 4) is 5.75 Å². The second kappa shape index (κ2) is 6.11. The largest absolute Gasteiger partial charge is 0.467 e. The number of carbonyl (C=O) groups excluding carboxylic acids is 1. The zero-order valence-electron chi connectivity index (χ0n) is 11.0. The monoisotopic (exact) mass is 305 g/mol. The number of carbonyl (C=O) groups is 1. The van der Waals surface area contributed by atoms with Crippen LogP contribution in [-0.4, -0.2) is 17.7 Å². The molecule has 0 N–H and O–H groups in total. The predicted octanol–water partition coefficient (Wildman–Crippen LogP) is 2.96. The number of benzene rings is 1. The van der Waals surface area contributed by atoms with Gasteiger partial charge in [0.2, 0.25) is 0 Å². The number of ether oxygens (including phenoxy) is 3. The molecule has 0 fully saturated rings. The molecule has 5 nitrogen and oxygen atoms in total. The average molecular weight is 306 g/mol. The lowest BCUT2D eigenvalue weighted by atomic mass is 10.1. The van der Waals surface area contributed by atoms with Crippen molar-refractivity contribution in [2.24, 2.45) is 0 Å². The maximum Gasteiger partial charge on any atom is 0.357 e. The van der Waals surface area contributed by atoms with Crippen LogP contribution in [0.15, 0.2) is 36.5 Å². The Balaban J connectivity index is 1.76. The molecule has 3 rings (SSSR count). The third kappa shape index (κ3) is 3.15. The zero-order chi connectivity index (χ0) is 14.7. The van der Waals surface area contributed by atoms with E-state index in [9.17, 15) is 4.79 Å². The Morgan fingerprint density at radius 3 is 3.10 bits per heavy atom. The van der Waals surface area contributed by atoms with Gasteiger partial charge in [-0.25, -0.2) is 9.78 Å². The van der Waals surface area contributed by atoms with E-state index in [0.717, 1.165) is 5.56 Å². The summed E-state index contributed by atoms with van der Waals surface area (Å²) in [5.41, 5.74) is 1.82. The number of rotatable bonds is 3. The molecule has 0 saturated heterocycles. The van der Waals surface area contributed by atoms with Gasteiger partial charge in [0.15, 0.2) is 6.79 Å². The summed E-state index contributed by atoms with van der Waals surface area (Å²) in [6, 6.07) is 8.56. The molecule has 0 atom stereocenters. The summed E-state index contributed by atoms with van der Waals surface area (Å²) in [6.07, 6.45) is 1.54. The summed E-state index contributed by atoms with van der Waals surface area (Å²) >= 11 is 6.05. The Bertz CT molecular complexity index is 660. The minimum absolute atomic E-state index is 0.0678. The fourth-order valence-corrected chi connectivity index (χ4v) is 2.33. The molecule has 0 amide bonds. The maximum absolute atomic E-state index is 11.9. The van der Waals surface area contributed by atoms with E-state index in [0.29, 0.717) is 22.9 Å². The number of esters is 1. The third-order valence-electron chi connectivity index (χ3n) is 2.98. The van der Waals surface area contributed by atoms with Gasteiger partial charge in [0, 0.05) is 22.3 Å². The lowest BCUT2D eigenvalue weighted by Crippen LogP contribution is -2.14. The highest BCUT2D eigenvalue weighted by atomic mass is 35.5. The van der Waals surface area contributed by atoms with Crippen LogP contribution in [0.5, 0.6) is 5.75 Å². The number of fused-ring (bicyclic) bond motifs is 1. The van der Waals surface area contributed by atoms with Gasteiger partial charge < -0.3 is 14.2 Å². The molecule has 0 unspecified atom stereocenters. The van der Waals surface area contributed by atoms with Crippen molar-refractivity contribution in [2.45, 2.75) is 13.2 Å². The molecule has 1 aromatic carbocycles. The Hall–Kier alpha value is -2.11. The minimum atomic E-state index is -0.489. The molecule has 1 aliphatic heterocycles. The lowest BCUT2D eigenvalue weighted by Gasteiger charge is -2.21. The van der Waals surface area contributed by atoms with Crippen LogP contribution in [0, 0.1) is 0 Å². The predicted molar refractivity (Wildman–Crippen MR) is 75.1 cm³/mol. The molecule has 6 heteroatoms. The van der Waals surface area contributed by atoms with E-state index in [-0.39, 0.29) is 19.1 Å². The molecule has 0 bridgehead atoms. The second-order valence-electron chi connectivity index (χ2n) is 4.45. The van der Waals surface area contributed by atoms with Crippen LogP contribution in [0.3, 0.4) is 0 Å². The van der Waals surface area contributed by atoms with Gasteiger partial charge in [-0.3, -0.25) is 0 Å². The second-order valence-corrected chi connectivity index (χ2v) is 4.89. The summed E-state index contributed by atoms with van der Waals surface area (Å²) in [5.74, 6) is 0.177. The van der Waals surface area contributed by atoms with Crippen molar-refractivity contribution in [3.05, 3.63) is 58.4 Å². The first-order valence-corrected chi connectivity index (χ1v) is 6.72. The summed E-state index contributed by atoms with van der Waals surface area (Å²) in [6.45, 7) is 0.672. The van der Waals surface area contributed by atoms with Gasteiger partial charge in [0.25, 0.3) is 0 Å². The number of halogens is 1. The van der Waals surface area contributed by atoms with Gasteiger partial charge in [0.1, 0.15) is 18.1 Å². The van der Waals surface area contributed by atoms with E-state index in [1.165, 1.54) is 6.20 Å². The third-order valence-corrected chi connectivity index (χ3v) is 3.20. The molecule has 2 heterocycles. The maximum atomic E-state index is 11.9. The fourth-order valence-electron chi connectivity index (χ4n) is 2.06. The zero-order valence-corrected chi connectivity index (χ0v) is 11.8. The van der Waals surface area contributed by atoms with E-state index in [1.54, 1.807) is 30.3 Å². The molecule has 21 heavy (non-hydrogen) atoms. The van der Waals surface area contributed by atoms with Crippen LogP contribution in [0.1, 0.15) is 21.6 Å². The smallest absolute Gasteiger partial charge is 0.357 e. The van der Waals surface area contributed by atoms with Gasteiger partial charge in [-0.2, -0.15) is 0 Å². The number of nitrogens with zero attached hydrogens (tertiary/aromatic N) is 1. The van der Waals surface area contributed by atoms with Gasteiger partial charge in [-0.1, -0.05) is 17.7 Å². The molecule has 108 valence electrons. The molecule has 0 radical (unpaired) electrons. The quantitative estimate of drug-likeness (QED) is 0.816. The van der Waals surface area contributed by atoms with E-state index < -0.39 is 5.97 Å². The molecule has 1 aromatic heterocycles. The summed E-state index contributed by atoms with van der Waals surface area (Å²) in [7, 11) is 0. The number of aromatic nitrogens is 1. The lowest BCUT2D eigenvalue weighted by molar-refractivity contribution is -0.0180. The molecule has 0 spiro atoms. The summed E-state index contributed by atoms with van der Waals surface area (Å²) < 4.78 is 15.9. The highest BCUT2D eigenvalue weighted by Crippen LogP contribution is 2.32. The van der Waals surface area contributed by atoms with Crippen molar-refractivity contribution < 1.29 is 19.0 Å². The minimum Gasteiger partial charge on any atom is -0.467 e. The number of hydrogen-bond donors (Lipinski definition) is 0. The van der Waals surface area contributed by atoms with Crippen molar-refractivity contribution in [2.75, 3.05) is 6.79 Å². The summed E-state index contributed by atoms with van der Waals surface area (Å²) in [4.78, 5) is 15.8. The van der Waals surface area contributed by atoms with Crippen molar-refractivity contribution in [1.82, 2.24) is 4.98 Å². The molecule has 0 saturated carbocycles. The van der Waals surface area contributed by atoms with Crippen LogP contribution in [0.2, 0.25) is 5.02 Å². The fraction of sp³-hybridized carbons (Fsp3) is 0.200. The molecule has 0 aliphatic carbocycles. The van der Waals surface area contributed by atoms with Gasteiger partial charge in [-0.05, 0) is 24.3 Å². The van der Waals surface area contributed by atoms with Crippen LogP contribution in [0.4, 0.5) is 0 Å². The average Bonchev–Trinajstić information content (AvgIpc) is 2.53. The van der Waals surface area contributed by atoms with Gasteiger partial charge in [0.05, 0.1) is 6.61 Å². The number of pyridine rings is 1. The number of hydrogen-bond acceptors (Lipinski definition) is 5. The van der Waals surface area contributed by atoms with Crippen LogP contribution in [0.25, 0.3) is 0 Å². The van der Waals surface area contributed by atoms with Crippen LogP contribution >= 0.6 is 11.6 Å². The van der Waals surface area contributed by atoms with Gasteiger partial charge >= 0.3 is 5.97 Å². The highest BCUT2D eigenvalue weighted by molar-refractivity contribution is 6.30. The van der Waals surface area contributed by atoms with Crippen LogP contribution < -0.4 is 4.74 Å². The van der Waals surface area contributed by atoms with Crippen LogP contribution in [-0.2, 0) is 22.7 Å². The van der Waals surface area contributed by atoms with E-state index in [4.69, 9.17) is 25.8 Å². The Labute approximate surface area is 126 Å². The Morgan fingerprint density at radius 1 is 1.38 bits per heavy atom. The first kappa shape index (κ1) is 13.9. The van der Waals surface area contributed by atoms with Crippen molar-refractivity contribution >= 4 is 17.6 Å². The summed E-state index contributed by atoms with van der Waals surface area (Å²) in [5, 5.41) is 0.548. The Morgan fingerprint density at radius 2 is 2.29 bits per heavy atom. The SMILES string of the molecule is O=C(OCc1cc(Cl)cc2c1OCOC2)c1ccccn1. The topological polar surface area (TPSA) is 57.7 Å². The Kier molecular flexibility index (Phi) is 4.03. The highest BCUT2D eigenvalue weighted by Gasteiger charge is 2.18. The standard InChI is InChI=1S/C15H12ClNO4/c16-12-5-10-7-19-9-21-14(10)11(6-12)8-20-15(18)13-3-1-2-4-17-13/h1-6H,7-9H2. The van der Waals surface area contributed by atoms with Gasteiger partial charge in [-0.15, -0.1) is 0 Å². The molecular weight excluding hydrogens is 294 g/mol. The van der Waals surface area contributed by atoms with Crippen molar-refractivity contribution in [1.29, 1.82) is 0 Å². The van der Waals surface area contributed by atoms with E-state index in [1.807, 2.05) is 0 Å². The van der Waals surface area contributed by atoms with E-state index in [2.05, 4.69) is 4.98 Å². The first-order chi connectivity index (χ1) is 10.2. The van der Waals surface area contributed by atoms with E-state index >= 15 is 0 Å². The van der Waals surface area contributed by atoms with Crippen molar-refractivity contribution in [3.63, 3.8) is 0 Å². The normalized spacial score (nSPS) is 13.2. The molecule has 2 aromatic rings. The molecular formula is C15H12ClNO4. The molecule has 1 aliphatic rings.